The highest BCUT2D eigenvalue weighted by atomic mass is 14.9. The van der Waals surface area contributed by atoms with Crippen molar-refractivity contribution in [3.8, 4) is 22.8 Å². The highest BCUT2D eigenvalue weighted by Gasteiger charge is 2.22. The molecule has 40 heavy (non-hydrogen) atoms. The van der Waals surface area contributed by atoms with Gasteiger partial charge in [0.2, 0.25) is 0 Å². The standard InChI is InChI=1S/C32H20N8/c1-3-15-33-23(7-1)25-13-11-21(19-37-25)29-31-27(9-5-17-35-31)40-30(32-28(39-29)10-6-18-36-32)22-12-14-26(38-20-22)24-8-2-4-16-34-24/h1-20H/b31-29?,32-30?,39-28?,39-29-,40-27?,40-30-. The lowest BCUT2D eigenvalue weighted by Crippen LogP contribution is -2.13. The Labute approximate surface area is 230 Å². The normalized spacial score (nSPS) is 14.9. The summed E-state index contributed by atoms with van der Waals surface area (Å²) < 4.78 is 0. The quantitative estimate of drug-likeness (QED) is 0.283. The second-order valence-electron chi connectivity index (χ2n) is 8.96. The molecule has 1 aliphatic rings. The first-order valence-electron chi connectivity index (χ1n) is 12.7. The molecule has 7 heterocycles. The molecule has 0 bridgehead atoms. The number of aromatic nitrogens is 6. The lowest BCUT2D eigenvalue weighted by Gasteiger charge is -2.16. The van der Waals surface area contributed by atoms with E-state index >= 15 is 0 Å². The second kappa shape index (κ2) is 10.2. The summed E-state index contributed by atoms with van der Waals surface area (Å²) in [5, 5.41) is 0. The Kier molecular flexibility index (Phi) is 5.95. The molecule has 0 radical (unpaired) electrons. The summed E-state index contributed by atoms with van der Waals surface area (Å²) in [6.07, 6.45) is 10.6. The lowest BCUT2D eigenvalue weighted by molar-refractivity contribution is 1.20. The van der Waals surface area contributed by atoms with Crippen LogP contribution in [-0.2, 0) is 0 Å². The van der Waals surface area contributed by atoms with E-state index < -0.39 is 0 Å². The fraction of sp³-hybridized carbons (Fsp3) is 0. The molecule has 1 aliphatic heterocycles. The van der Waals surface area contributed by atoms with Crippen LogP contribution in [0, 0.1) is 0 Å². The predicted octanol–water partition coefficient (Wildman–Crippen LogP) is 6.04. The topological polar surface area (TPSA) is 102 Å². The van der Waals surface area contributed by atoms with Crippen LogP contribution in [0.3, 0.4) is 0 Å². The zero-order valence-corrected chi connectivity index (χ0v) is 21.1. The average Bonchev–Trinajstić information content (AvgIpc) is 3.03. The first kappa shape index (κ1) is 23.4. The van der Waals surface area contributed by atoms with Crippen LogP contribution in [-0.4, -0.2) is 41.3 Å². The fourth-order valence-electron chi connectivity index (χ4n) is 4.49. The maximum absolute atomic E-state index is 5.08. The van der Waals surface area contributed by atoms with E-state index in [-0.39, 0.29) is 0 Å². The van der Waals surface area contributed by atoms with Gasteiger partial charge in [0.05, 0.1) is 34.2 Å². The second-order valence-corrected chi connectivity index (χ2v) is 8.96. The van der Waals surface area contributed by atoms with Gasteiger partial charge in [0.15, 0.2) is 0 Å². The van der Waals surface area contributed by atoms with Crippen molar-refractivity contribution in [1.29, 1.82) is 0 Å². The van der Waals surface area contributed by atoms with Gasteiger partial charge in [-0.05, 0) is 72.8 Å². The molecule has 0 fully saturated rings. The van der Waals surface area contributed by atoms with Gasteiger partial charge in [-0.25, -0.2) is 9.98 Å². The Balaban J connectivity index is 1.34. The highest BCUT2D eigenvalue weighted by molar-refractivity contribution is 6.21. The molecule has 0 N–H and O–H groups in total. The third kappa shape index (κ3) is 4.43. The van der Waals surface area contributed by atoms with E-state index in [1.165, 1.54) is 0 Å². The Morgan fingerprint density at radius 1 is 0.350 bits per heavy atom. The van der Waals surface area contributed by atoms with Crippen LogP contribution < -0.4 is 0 Å². The van der Waals surface area contributed by atoms with E-state index in [9.17, 15) is 0 Å². The summed E-state index contributed by atoms with van der Waals surface area (Å²) in [4.78, 5) is 37.7. The molecule has 0 amide bonds. The van der Waals surface area contributed by atoms with Gasteiger partial charge >= 0.3 is 0 Å². The Hall–Kier alpha value is -5.76. The van der Waals surface area contributed by atoms with Crippen molar-refractivity contribution in [3.63, 3.8) is 0 Å². The third-order valence-corrected chi connectivity index (χ3v) is 6.41. The summed E-state index contributed by atoms with van der Waals surface area (Å²) in [5.74, 6) is 0. The molecule has 0 aliphatic carbocycles. The van der Waals surface area contributed by atoms with Gasteiger partial charge in [-0.15, -0.1) is 0 Å². The maximum Gasteiger partial charge on any atom is 0.115 e. The highest BCUT2D eigenvalue weighted by Crippen LogP contribution is 2.31. The molecule has 7 rings (SSSR count). The molecule has 8 nitrogen and oxygen atoms in total. The molecule has 0 aromatic carbocycles. The number of aliphatic imine (C=N–C) groups is 2. The van der Waals surface area contributed by atoms with Crippen molar-refractivity contribution in [2.24, 2.45) is 9.98 Å². The van der Waals surface area contributed by atoms with Gasteiger partial charge in [-0.2, -0.15) is 0 Å². The Bertz CT molecular complexity index is 1720. The molecular weight excluding hydrogens is 496 g/mol. The summed E-state index contributed by atoms with van der Waals surface area (Å²) in [6, 6.07) is 26.9. The smallest absolute Gasteiger partial charge is 0.115 e. The molecule has 6 aromatic heterocycles. The van der Waals surface area contributed by atoms with E-state index in [0.717, 1.165) is 33.9 Å². The molecule has 0 unspecified atom stereocenters. The number of rotatable bonds is 4. The summed E-state index contributed by atoms with van der Waals surface area (Å²) in [5.41, 5.74) is 8.78. The van der Waals surface area contributed by atoms with Crippen LogP contribution in [0.15, 0.2) is 132 Å². The Morgan fingerprint density at radius 3 is 1.20 bits per heavy atom. The zero-order valence-electron chi connectivity index (χ0n) is 21.1. The van der Waals surface area contributed by atoms with Crippen LogP contribution >= 0.6 is 0 Å². The summed E-state index contributed by atoms with van der Waals surface area (Å²) in [7, 11) is 0. The molecule has 0 atom stereocenters. The van der Waals surface area contributed by atoms with Gasteiger partial charge in [0.25, 0.3) is 0 Å². The first-order valence-corrected chi connectivity index (χ1v) is 12.7. The molecule has 0 spiro atoms. The summed E-state index contributed by atoms with van der Waals surface area (Å²) in [6.45, 7) is 0. The van der Waals surface area contributed by atoms with Gasteiger partial charge in [0.1, 0.15) is 22.8 Å². The van der Waals surface area contributed by atoms with Crippen LogP contribution in [0.5, 0.6) is 0 Å². The number of nitrogens with zero attached hydrogens (tertiary/aromatic N) is 8. The van der Waals surface area contributed by atoms with Crippen molar-refractivity contribution in [3.05, 3.63) is 145 Å². The van der Waals surface area contributed by atoms with Crippen LogP contribution in [0.2, 0.25) is 0 Å². The molecule has 0 saturated heterocycles. The van der Waals surface area contributed by atoms with Crippen molar-refractivity contribution in [2.75, 3.05) is 0 Å². The van der Waals surface area contributed by atoms with Gasteiger partial charge in [-0.1, -0.05) is 12.1 Å². The lowest BCUT2D eigenvalue weighted by atomic mass is 10.0. The van der Waals surface area contributed by atoms with Crippen LogP contribution in [0.25, 0.3) is 22.8 Å². The summed E-state index contributed by atoms with van der Waals surface area (Å²) >= 11 is 0. The largest absolute Gasteiger partial charge is 0.255 e. The molecule has 188 valence electrons. The van der Waals surface area contributed by atoms with Crippen molar-refractivity contribution in [2.45, 2.75) is 0 Å². The number of fused-ring (bicyclic) bond motifs is 2. The van der Waals surface area contributed by atoms with Crippen LogP contribution in [0.1, 0.15) is 22.5 Å². The zero-order chi connectivity index (χ0) is 26.7. The molecular formula is C32H20N8. The predicted molar refractivity (Wildman–Crippen MR) is 154 cm³/mol. The van der Waals surface area contributed by atoms with E-state index in [1.54, 1.807) is 37.2 Å². The minimum atomic E-state index is 0.653. The Morgan fingerprint density at radius 2 is 0.800 bits per heavy atom. The number of pyridine rings is 6. The van der Waals surface area contributed by atoms with E-state index in [1.807, 2.05) is 84.9 Å². The fourth-order valence-corrected chi connectivity index (χ4v) is 4.49. The van der Waals surface area contributed by atoms with E-state index in [2.05, 4.69) is 19.9 Å². The molecule has 6 aromatic rings. The van der Waals surface area contributed by atoms with Crippen LogP contribution in [0.4, 0.5) is 11.4 Å². The van der Waals surface area contributed by atoms with Gasteiger partial charge in [0, 0.05) is 48.3 Å². The first-order chi connectivity index (χ1) is 19.8. The monoisotopic (exact) mass is 516 g/mol. The van der Waals surface area contributed by atoms with Crippen molar-refractivity contribution in [1.82, 2.24) is 29.9 Å². The third-order valence-electron chi connectivity index (χ3n) is 6.41. The SMILES string of the molecule is c1ccc(-c2ccc(/C3=N/c4cccnc4/C(c4ccc(-c5ccccn5)nc4)=N\c4cccnc43)cn2)nc1. The maximum atomic E-state index is 5.08. The minimum Gasteiger partial charge on any atom is -0.255 e. The number of hydrogen-bond acceptors (Lipinski definition) is 8. The van der Waals surface area contributed by atoms with Crippen molar-refractivity contribution >= 4 is 22.8 Å². The van der Waals surface area contributed by atoms with Gasteiger partial charge < -0.3 is 0 Å². The number of hydrogen-bond donors (Lipinski definition) is 0. The van der Waals surface area contributed by atoms with Gasteiger partial charge in [-0.3, -0.25) is 29.9 Å². The molecule has 0 saturated carbocycles. The van der Waals surface area contributed by atoms with E-state index in [0.29, 0.717) is 34.2 Å². The van der Waals surface area contributed by atoms with Crippen molar-refractivity contribution < 1.29 is 0 Å². The molecule has 8 heteroatoms. The van der Waals surface area contributed by atoms with E-state index in [4.69, 9.17) is 20.0 Å². The average molecular weight is 517 g/mol. The minimum absolute atomic E-state index is 0.653.